The molecule has 182 valence electrons. The molecule has 2 aromatic rings. The van der Waals surface area contributed by atoms with Crippen molar-refractivity contribution in [3.8, 4) is 0 Å². The zero-order valence-corrected chi connectivity index (χ0v) is 20.4. The number of amides is 1. The molecular formula is C26H33N3O4S. The van der Waals surface area contributed by atoms with Crippen LogP contribution in [-0.2, 0) is 21.2 Å². The van der Waals surface area contributed by atoms with Crippen molar-refractivity contribution in [2.75, 3.05) is 44.3 Å². The highest BCUT2D eigenvalue weighted by atomic mass is 32.2. The summed E-state index contributed by atoms with van der Waals surface area (Å²) in [6.07, 6.45) is 6.25. The monoisotopic (exact) mass is 483 g/mol. The Kier molecular flexibility index (Phi) is 6.90. The molecule has 2 aromatic carbocycles. The number of carbonyl (C=O) groups excluding carboxylic acids is 1. The normalized spacial score (nSPS) is 21.6. The van der Waals surface area contributed by atoms with Crippen LogP contribution in [0.1, 0.15) is 59.6 Å². The van der Waals surface area contributed by atoms with Crippen LogP contribution in [0.4, 0.5) is 5.69 Å². The van der Waals surface area contributed by atoms with Crippen LogP contribution in [0.3, 0.4) is 0 Å². The predicted octanol–water partition coefficient (Wildman–Crippen LogP) is 3.51. The quantitative estimate of drug-likeness (QED) is 0.704. The Labute approximate surface area is 202 Å². The van der Waals surface area contributed by atoms with Crippen molar-refractivity contribution < 1.29 is 17.9 Å². The number of piperidine rings is 1. The van der Waals surface area contributed by atoms with E-state index >= 15 is 0 Å². The van der Waals surface area contributed by atoms with Crippen LogP contribution in [0.15, 0.2) is 47.4 Å². The van der Waals surface area contributed by atoms with Gasteiger partial charge in [-0.3, -0.25) is 4.79 Å². The number of rotatable bonds is 5. The second-order valence-electron chi connectivity index (χ2n) is 9.36. The molecule has 1 N–H and O–H groups in total. The molecule has 1 amide bonds. The van der Waals surface area contributed by atoms with Gasteiger partial charge in [-0.1, -0.05) is 24.3 Å². The molecule has 2 heterocycles. The molecule has 7 nitrogen and oxygen atoms in total. The number of aryl methyl sites for hydroxylation is 1. The highest BCUT2D eigenvalue weighted by Crippen LogP contribution is 2.32. The maximum atomic E-state index is 13.7. The SMILES string of the molecule is O=C(N[C@H]1CCCc2ccccc21)c1cc(S(=O)(=O)N2CCOCC2)ccc1N1CCCCC1. The number of hydrogen-bond acceptors (Lipinski definition) is 5. The number of fused-ring (bicyclic) bond motifs is 1. The van der Waals surface area contributed by atoms with Crippen LogP contribution < -0.4 is 10.2 Å². The van der Waals surface area contributed by atoms with E-state index in [1.165, 1.54) is 21.9 Å². The number of benzene rings is 2. The topological polar surface area (TPSA) is 79.0 Å². The number of carbonyl (C=O) groups is 1. The van der Waals surface area contributed by atoms with E-state index in [2.05, 4.69) is 22.3 Å². The van der Waals surface area contributed by atoms with Crippen LogP contribution in [0, 0.1) is 0 Å². The van der Waals surface area contributed by atoms with Crippen molar-refractivity contribution >= 4 is 21.6 Å². The molecule has 2 aliphatic heterocycles. The van der Waals surface area contributed by atoms with Gasteiger partial charge in [-0.15, -0.1) is 0 Å². The second-order valence-corrected chi connectivity index (χ2v) is 11.3. The first-order valence-corrected chi connectivity index (χ1v) is 13.8. The lowest BCUT2D eigenvalue weighted by Gasteiger charge is -2.32. The van der Waals surface area contributed by atoms with Gasteiger partial charge in [-0.25, -0.2) is 8.42 Å². The van der Waals surface area contributed by atoms with Crippen molar-refractivity contribution in [2.24, 2.45) is 0 Å². The first kappa shape index (κ1) is 23.3. The Morgan fingerprint density at radius 2 is 1.71 bits per heavy atom. The fourth-order valence-corrected chi connectivity index (χ4v) is 6.78. The van der Waals surface area contributed by atoms with Crippen LogP contribution >= 0.6 is 0 Å². The van der Waals surface area contributed by atoms with Crippen molar-refractivity contribution in [2.45, 2.75) is 49.5 Å². The number of nitrogens with zero attached hydrogens (tertiary/aromatic N) is 2. The third-order valence-corrected chi connectivity index (χ3v) is 9.09. The third-order valence-electron chi connectivity index (χ3n) is 7.19. The highest BCUT2D eigenvalue weighted by molar-refractivity contribution is 7.89. The maximum absolute atomic E-state index is 13.7. The van der Waals surface area contributed by atoms with E-state index in [9.17, 15) is 13.2 Å². The maximum Gasteiger partial charge on any atom is 0.253 e. The van der Waals surface area contributed by atoms with E-state index in [4.69, 9.17) is 4.74 Å². The fourth-order valence-electron chi connectivity index (χ4n) is 5.34. The molecule has 5 rings (SSSR count). The van der Waals surface area contributed by atoms with Crippen molar-refractivity contribution in [1.29, 1.82) is 0 Å². The van der Waals surface area contributed by atoms with E-state index < -0.39 is 10.0 Å². The predicted molar refractivity (Wildman–Crippen MR) is 132 cm³/mol. The Bertz CT molecular complexity index is 1140. The molecule has 1 atom stereocenters. The zero-order chi connectivity index (χ0) is 23.5. The Morgan fingerprint density at radius 3 is 2.50 bits per heavy atom. The zero-order valence-electron chi connectivity index (χ0n) is 19.5. The van der Waals surface area contributed by atoms with Gasteiger partial charge in [0, 0.05) is 31.9 Å². The molecule has 0 saturated carbocycles. The molecule has 0 bridgehead atoms. The summed E-state index contributed by atoms with van der Waals surface area (Å²) in [5, 5.41) is 3.24. The molecule has 8 heteroatoms. The number of hydrogen-bond donors (Lipinski definition) is 1. The summed E-state index contributed by atoms with van der Waals surface area (Å²) in [6.45, 7) is 3.19. The van der Waals surface area contributed by atoms with Gasteiger partial charge in [0.25, 0.3) is 5.91 Å². The van der Waals surface area contributed by atoms with Crippen molar-refractivity contribution in [3.63, 3.8) is 0 Å². The minimum atomic E-state index is -3.69. The average molecular weight is 484 g/mol. The summed E-state index contributed by atoms with van der Waals surface area (Å²) in [4.78, 5) is 16.1. The minimum absolute atomic E-state index is 0.0637. The van der Waals surface area contributed by atoms with Crippen LogP contribution in [0.2, 0.25) is 0 Å². The van der Waals surface area contributed by atoms with Crippen molar-refractivity contribution in [1.82, 2.24) is 9.62 Å². The van der Waals surface area contributed by atoms with Gasteiger partial charge in [0.1, 0.15) is 0 Å². The molecule has 0 spiro atoms. The van der Waals surface area contributed by atoms with E-state index in [1.807, 2.05) is 18.2 Å². The van der Waals surface area contributed by atoms with Gasteiger partial charge >= 0.3 is 0 Å². The number of nitrogens with one attached hydrogen (secondary N) is 1. The van der Waals surface area contributed by atoms with Gasteiger partial charge in [0.15, 0.2) is 0 Å². The number of anilines is 1. The minimum Gasteiger partial charge on any atom is -0.379 e. The summed E-state index contributed by atoms with van der Waals surface area (Å²) >= 11 is 0. The summed E-state index contributed by atoms with van der Waals surface area (Å²) in [5.41, 5.74) is 3.71. The van der Waals surface area contributed by atoms with E-state index in [0.29, 0.717) is 31.9 Å². The van der Waals surface area contributed by atoms with Gasteiger partial charge in [-0.05, 0) is 67.9 Å². The molecule has 3 aliphatic rings. The largest absolute Gasteiger partial charge is 0.379 e. The van der Waals surface area contributed by atoms with Crippen LogP contribution in [-0.4, -0.2) is 58.0 Å². The molecule has 2 fully saturated rings. The lowest BCUT2D eigenvalue weighted by Crippen LogP contribution is -2.41. The molecule has 2 saturated heterocycles. The van der Waals surface area contributed by atoms with Crippen molar-refractivity contribution in [3.05, 3.63) is 59.2 Å². The molecule has 0 aromatic heterocycles. The number of ether oxygens (including phenoxy) is 1. The summed E-state index contributed by atoms with van der Waals surface area (Å²) in [6, 6.07) is 13.3. The molecule has 1 aliphatic carbocycles. The van der Waals surface area contributed by atoms with E-state index in [1.54, 1.807) is 12.1 Å². The summed E-state index contributed by atoms with van der Waals surface area (Å²) < 4.78 is 33.4. The standard InChI is InChI=1S/C26H33N3O4S/c30-26(27-24-10-6-8-20-7-2-3-9-22(20)24)23-19-21(34(31,32)29-15-17-33-18-16-29)11-12-25(23)28-13-4-1-5-14-28/h2-3,7,9,11-12,19,24H,1,4-6,8,10,13-18H2,(H,27,30)/t24-/m0/s1. The van der Waals surface area contributed by atoms with Gasteiger partial charge < -0.3 is 15.0 Å². The fraction of sp³-hybridized carbons (Fsp3) is 0.500. The number of morpholine rings is 1. The summed E-state index contributed by atoms with van der Waals surface area (Å²) in [7, 11) is -3.69. The average Bonchev–Trinajstić information content (AvgIpc) is 2.89. The lowest BCUT2D eigenvalue weighted by atomic mass is 9.87. The second kappa shape index (κ2) is 10.1. The molecular weight excluding hydrogens is 450 g/mol. The smallest absolute Gasteiger partial charge is 0.253 e. The van der Waals surface area contributed by atoms with Gasteiger partial charge in [0.05, 0.1) is 29.7 Å². The molecule has 0 unspecified atom stereocenters. The summed E-state index contributed by atoms with van der Waals surface area (Å²) in [5.74, 6) is -0.207. The highest BCUT2D eigenvalue weighted by Gasteiger charge is 2.30. The van der Waals surface area contributed by atoms with E-state index in [-0.39, 0.29) is 16.8 Å². The van der Waals surface area contributed by atoms with E-state index in [0.717, 1.165) is 50.9 Å². The first-order valence-electron chi connectivity index (χ1n) is 12.4. The van der Waals surface area contributed by atoms with Gasteiger partial charge in [-0.2, -0.15) is 4.31 Å². The van der Waals surface area contributed by atoms with Crippen LogP contribution in [0.25, 0.3) is 0 Å². The van der Waals surface area contributed by atoms with Gasteiger partial charge in [0.2, 0.25) is 10.0 Å². The molecule has 34 heavy (non-hydrogen) atoms. The Morgan fingerprint density at radius 1 is 0.941 bits per heavy atom. The van der Waals surface area contributed by atoms with Crippen LogP contribution in [0.5, 0.6) is 0 Å². The first-order chi connectivity index (χ1) is 16.5. The number of sulfonamides is 1. The Hall–Kier alpha value is -2.42. The Balaban J connectivity index is 1.48. The lowest BCUT2D eigenvalue weighted by molar-refractivity contribution is 0.0730. The molecule has 0 radical (unpaired) electrons. The third kappa shape index (κ3) is 4.72.